The quantitative estimate of drug-likeness (QED) is 0.365. The minimum absolute atomic E-state index is 0.179. The standard InChI is InChI=1S/C24H22N4O2S/c1-14-11-15(2)21(16(3)12-14)27-22(29)17-9-10-19-20(13-17)31-24(26-19)28-23(30)25-18-7-5-4-6-8-18/h4-13H,1-3H3,(H,27,29)(H2,25,26,28,30). The lowest BCUT2D eigenvalue weighted by molar-refractivity contribution is 0.102. The highest BCUT2D eigenvalue weighted by atomic mass is 32.1. The number of rotatable bonds is 4. The number of nitrogens with one attached hydrogen (secondary N) is 3. The Kier molecular flexibility index (Phi) is 5.68. The van der Waals surface area contributed by atoms with E-state index in [0.29, 0.717) is 16.4 Å². The summed E-state index contributed by atoms with van der Waals surface area (Å²) in [6.07, 6.45) is 0. The first-order valence-electron chi connectivity index (χ1n) is 9.82. The minimum atomic E-state index is -0.367. The first kappa shape index (κ1) is 20.6. The number of hydrogen-bond acceptors (Lipinski definition) is 4. The van der Waals surface area contributed by atoms with Gasteiger partial charge < -0.3 is 10.6 Å². The minimum Gasteiger partial charge on any atom is -0.322 e. The lowest BCUT2D eigenvalue weighted by atomic mass is 10.0. The van der Waals surface area contributed by atoms with Crippen LogP contribution in [0.25, 0.3) is 10.2 Å². The Morgan fingerprint density at radius 3 is 2.26 bits per heavy atom. The van der Waals surface area contributed by atoms with E-state index in [-0.39, 0.29) is 11.9 Å². The number of thiazole rings is 1. The number of anilines is 3. The van der Waals surface area contributed by atoms with Gasteiger partial charge in [-0.05, 0) is 62.2 Å². The second kappa shape index (κ2) is 8.57. The lowest BCUT2D eigenvalue weighted by Crippen LogP contribution is -2.19. The van der Waals surface area contributed by atoms with Gasteiger partial charge in [-0.1, -0.05) is 47.2 Å². The molecule has 4 aromatic rings. The highest BCUT2D eigenvalue weighted by Gasteiger charge is 2.13. The maximum Gasteiger partial charge on any atom is 0.325 e. The van der Waals surface area contributed by atoms with Crippen molar-refractivity contribution >= 4 is 50.0 Å². The summed E-state index contributed by atoms with van der Waals surface area (Å²) < 4.78 is 0.819. The molecule has 4 rings (SSSR count). The molecule has 0 fully saturated rings. The maximum atomic E-state index is 12.8. The van der Waals surface area contributed by atoms with Crippen LogP contribution in [0.1, 0.15) is 27.0 Å². The van der Waals surface area contributed by atoms with E-state index in [9.17, 15) is 9.59 Å². The molecule has 3 N–H and O–H groups in total. The number of aromatic nitrogens is 1. The van der Waals surface area contributed by atoms with E-state index in [1.165, 1.54) is 11.3 Å². The molecule has 0 saturated heterocycles. The average molecular weight is 431 g/mol. The van der Waals surface area contributed by atoms with Crippen molar-refractivity contribution in [3.8, 4) is 0 Å². The van der Waals surface area contributed by atoms with Gasteiger partial charge in [0.1, 0.15) is 0 Å². The van der Waals surface area contributed by atoms with E-state index in [1.807, 2.05) is 51.1 Å². The fourth-order valence-corrected chi connectivity index (χ4v) is 4.36. The zero-order valence-electron chi connectivity index (χ0n) is 17.4. The number of hydrogen-bond donors (Lipinski definition) is 3. The average Bonchev–Trinajstić information content (AvgIpc) is 3.12. The van der Waals surface area contributed by atoms with Crippen molar-refractivity contribution < 1.29 is 9.59 Å². The highest BCUT2D eigenvalue weighted by Crippen LogP contribution is 2.28. The van der Waals surface area contributed by atoms with E-state index in [4.69, 9.17) is 0 Å². The van der Waals surface area contributed by atoms with Gasteiger partial charge in [-0.3, -0.25) is 10.1 Å². The third-order valence-electron chi connectivity index (χ3n) is 4.82. The smallest absolute Gasteiger partial charge is 0.322 e. The van der Waals surface area contributed by atoms with Gasteiger partial charge >= 0.3 is 6.03 Å². The van der Waals surface area contributed by atoms with Crippen molar-refractivity contribution in [2.75, 3.05) is 16.0 Å². The summed E-state index contributed by atoms with van der Waals surface area (Å²) in [7, 11) is 0. The molecule has 0 aliphatic rings. The normalized spacial score (nSPS) is 10.7. The Labute approximate surface area is 184 Å². The molecule has 1 heterocycles. The molecule has 31 heavy (non-hydrogen) atoms. The van der Waals surface area contributed by atoms with E-state index in [1.54, 1.807) is 30.3 Å². The Balaban J connectivity index is 1.50. The molecule has 7 heteroatoms. The molecule has 1 aromatic heterocycles. The van der Waals surface area contributed by atoms with Crippen molar-refractivity contribution in [1.29, 1.82) is 0 Å². The summed E-state index contributed by atoms with van der Waals surface area (Å²) in [4.78, 5) is 29.5. The van der Waals surface area contributed by atoms with Crippen LogP contribution in [0.2, 0.25) is 0 Å². The molecular formula is C24H22N4O2S. The molecule has 0 spiro atoms. The molecule has 0 bridgehead atoms. The molecule has 156 valence electrons. The predicted molar refractivity (Wildman–Crippen MR) is 127 cm³/mol. The van der Waals surface area contributed by atoms with E-state index >= 15 is 0 Å². The van der Waals surface area contributed by atoms with E-state index < -0.39 is 0 Å². The maximum absolute atomic E-state index is 12.8. The van der Waals surface area contributed by atoms with Gasteiger partial charge in [-0.15, -0.1) is 0 Å². The highest BCUT2D eigenvalue weighted by molar-refractivity contribution is 7.22. The van der Waals surface area contributed by atoms with Gasteiger partial charge in [0.25, 0.3) is 5.91 Å². The summed E-state index contributed by atoms with van der Waals surface area (Å²) >= 11 is 1.32. The van der Waals surface area contributed by atoms with Crippen LogP contribution in [-0.4, -0.2) is 16.9 Å². The van der Waals surface area contributed by atoms with Crippen molar-refractivity contribution in [3.05, 3.63) is 82.9 Å². The van der Waals surface area contributed by atoms with Gasteiger partial charge in [-0.25, -0.2) is 9.78 Å². The second-order valence-electron chi connectivity index (χ2n) is 7.37. The van der Waals surface area contributed by atoms with Gasteiger partial charge in [-0.2, -0.15) is 0 Å². The van der Waals surface area contributed by atoms with E-state index in [2.05, 4.69) is 20.9 Å². The van der Waals surface area contributed by atoms with Crippen LogP contribution in [0, 0.1) is 20.8 Å². The molecule has 3 amide bonds. The Bertz CT molecular complexity index is 1260. The summed E-state index contributed by atoms with van der Waals surface area (Å²) in [5, 5.41) is 8.99. The number of urea groups is 1. The molecule has 0 radical (unpaired) electrons. The topological polar surface area (TPSA) is 83.1 Å². The van der Waals surface area contributed by atoms with Crippen LogP contribution < -0.4 is 16.0 Å². The number of amides is 3. The summed E-state index contributed by atoms with van der Waals surface area (Å²) in [5.41, 5.74) is 6.01. The van der Waals surface area contributed by atoms with Crippen LogP contribution >= 0.6 is 11.3 Å². The number of fused-ring (bicyclic) bond motifs is 1. The number of benzene rings is 3. The first-order chi connectivity index (χ1) is 14.9. The van der Waals surface area contributed by atoms with Crippen LogP contribution in [-0.2, 0) is 0 Å². The predicted octanol–water partition coefficient (Wildman–Crippen LogP) is 6.12. The van der Waals surface area contributed by atoms with Crippen LogP contribution in [0.3, 0.4) is 0 Å². The van der Waals surface area contributed by atoms with Crippen LogP contribution in [0.5, 0.6) is 0 Å². The number of nitrogens with zero attached hydrogens (tertiary/aromatic N) is 1. The molecule has 0 aliphatic heterocycles. The molecule has 0 atom stereocenters. The van der Waals surface area contributed by atoms with Gasteiger partial charge in [0.15, 0.2) is 5.13 Å². The monoisotopic (exact) mass is 430 g/mol. The zero-order chi connectivity index (χ0) is 22.0. The molecule has 3 aromatic carbocycles. The number of carbonyl (C=O) groups excluding carboxylic acids is 2. The van der Waals surface area contributed by atoms with Crippen molar-refractivity contribution in [3.63, 3.8) is 0 Å². The molecule has 0 saturated carbocycles. The third kappa shape index (κ3) is 4.73. The largest absolute Gasteiger partial charge is 0.325 e. The summed E-state index contributed by atoms with van der Waals surface area (Å²) in [5.74, 6) is -0.179. The Morgan fingerprint density at radius 1 is 0.839 bits per heavy atom. The van der Waals surface area contributed by atoms with Gasteiger partial charge in [0.2, 0.25) is 0 Å². The molecule has 0 unspecified atom stereocenters. The molecule has 0 aliphatic carbocycles. The van der Waals surface area contributed by atoms with Crippen molar-refractivity contribution in [1.82, 2.24) is 4.98 Å². The summed E-state index contributed by atoms with van der Waals surface area (Å²) in [6, 6.07) is 18.2. The SMILES string of the molecule is Cc1cc(C)c(NC(=O)c2ccc3nc(NC(=O)Nc4ccccc4)sc3c2)c(C)c1. The number of carbonyl (C=O) groups is 2. The Hall–Kier alpha value is -3.71. The summed E-state index contributed by atoms with van der Waals surface area (Å²) in [6.45, 7) is 6.01. The van der Waals surface area contributed by atoms with Gasteiger partial charge in [0, 0.05) is 16.9 Å². The third-order valence-corrected chi connectivity index (χ3v) is 5.75. The number of para-hydroxylation sites is 1. The van der Waals surface area contributed by atoms with Crippen LogP contribution in [0.4, 0.5) is 21.3 Å². The zero-order valence-corrected chi connectivity index (χ0v) is 18.3. The van der Waals surface area contributed by atoms with E-state index in [0.717, 1.165) is 32.6 Å². The van der Waals surface area contributed by atoms with Gasteiger partial charge in [0.05, 0.1) is 10.2 Å². The fourth-order valence-electron chi connectivity index (χ4n) is 3.46. The molecule has 6 nitrogen and oxygen atoms in total. The molecular weight excluding hydrogens is 408 g/mol. The lowest BCUT2D eigenvalue weighted by Gasteiger charge is -2.12. The number of aryl methyl sites for hydroxylation is 3. The van der Waals surface area contributed by atoms with Crippen molar-refractivity contribution in [2.45, 2.75) is 20.8 Å². The Morgan fingerprint density at radius 2 is 1.55 bits per heavy atom. The second-order valence-corrected chi connectivity index (χ2v) is 8.41. The van der Waals surface area contributed by atoms with Crippen molar-refractivity contribution in [2.24, 2.45) is 0 Å². The first-order valence-corrected chi connectivity index (χ1v) is 10.6. The van der Waals surface area contributed by atoms with Crippen LogP contribution in [0.15, 0.2) is 60.7 Å². The fraction of sp³-hybridized carbons (Fsp3) is 0.125.